The van der Waals surface area contributed by atoms with Gasteiger partial charge in [0.05, 0.1) is 0 Å². The third kappa shape index (κ3) is 2.38. The summed E-state index contributed by atoms with van der Waals surface area (Å²) in [7, 11) is 0. The first kappa shape index (κ1) is 13.0. The number of carboxylic acid groups (broad SMARTS) is 1. The van der Waals surface area contributed by atoms with Gasteiger partial charge < -0.3 is 19.9 Å². The Kier molecular flexibility index (Phi) is 2.98. The highest BCUT2D eigenvalue weighted by Crippen LogP contribution is 2.33. The van der Waals surface area contributed by atoms with Gasteiger partial charge in [-0.3, -0.25) is 9.59 Å². The maximum atomic E-state index is 11.9. The highest BCUT2D eigenvalue weighted by molar-refractivity contribution is 6.15. The summed E-state index contributed by atoms with van der Waals surface area (Å²) in [5.41, 5.74) is 0.639. The van der Waals surface area contributed by atoms with Crippen LogP contribution in [0.4, 0.5) is 4.79 Å². The molecule has 0 radical (unpaired) electrons. The van der Waals surface area contributed by atoms with E-state index in [2.05, 4.69) is 5.32 Å². The molecule has 1 aromatic carbocycles. The molecule has 1 aromatic rings. The van der Waals surface area contributed by atoms with Crippen molar-refractivity contribution in [3.05, 3.63) is 29.5 Å². The van der Waals surface area contributed by atoms with Crippen LogP contribution < -0.4 is 14.8 Å². The molecule has 2 aliphatic rings. The number of amides is 3. The summed E-state index contributed by atoms with van der Waals surface area (Å²) in [4.78, 5) is 34.7. The number of rotatable bonds is 3. The van der Waals surface area contributed by atoms with E-state index in [-0.39, 0.29) is 12.5 Å². The zero-order valence-corrected chi connectivity index (χ0v) is 10.7. The molecular formula is C13H10N2O6. The number of carbonyl (C=O) groups is 3. The first-order chi connectivity index (χ1) is 10.0. The van der Waals surface area contributed by atoms with Gasteiger partial charge in [-0.2, -0.15) is 0 Å². The van der Waals surface area contributed by atoms with Crippen molar-refractivity contribution in [2.75, 3.05) is 13.3 Å². The Morgan fingerprint density at radius 3 is 2.86 bits per heavy atom. The fourth-order valence-corrected chi connectivity index (χ4v) is 2.02. The predicted molar refractivity (Wildman–Crippen MR) is 68.4 cm³/mol. The van der Waals surface area contributed by atoms with Crippen LogP contribution in [0.25, 0.3) is 6.08 Å². The molecule has 0 saturated carbocycles. The minimum atomic E-state index is -1.26. The monoisotopic (exact) mass is 290 g/mol. The second-order valence-electron chi connectivity index (χ2n) is 4.39. The molecule has 8 nitrogen and oxygen atoms in total. The molecule has 2 aliphatic heterocycles. The van der Waals surface area contributed by atoms with Crippen LogP contribution in [0.3, 0.4) is 0 Å². The molecule has 0 aromatic heterocycles. The molecule has 0 atom stereocenters. The van der Waals surface area contributed by atoms with Crippen molar-refractivity contribution in [1.29, 1.82) is 0 Å². The maximum absolute atomic E-state index is 11.9. The standard InChI is InChI=1S/C13H10N2O6/c16-11(17)5-15-12(18)8(14-13(15)19)3-7-1-2-9-10(4-7)21-6-20-9/h1-4H,5-6H2,(H,14,19)(H,16,17)/b8-3-. The fourth-order valence-electron chi connectivity index (χ4n) is 2.02. The molecule has 108 valence electrons. The van der Waals surface area contributed by atoms with Gasteiger partial charge in [0.1, 0.15) is 12.2 Å². The Balaban J connectivity index is 1.85. The summed E-state index contributed by atoms with van der Waals surface area (Å²) in [5, 5.41) is 11.0. The van der Waals surface area contributed by atoms with E-state index in [9.17, 15) is 14.4 Å². The molecule has 3 amide bonds. The number of carboxylic acids is 1. The van der Waals surface area contributed by atoms with E-state index in [1.807, 2.05) is 0 Å². The Morgan fingerprint density at radius 1 is 1.33 bits per heavy atom. The van der Waals surface area contributed by atoms with E-state index in [4.69, 9.17) is 14.6 Å². The smallest absolute Gasteiger partial charge is 0.329 e. The number of fused-ring (bicyclic) bond motifs is 1. The van der Waals surface area contributed by atoms with Crippen LogP contribution in [-0.4, -0.2) is 41.3 Å². The third-order valence-electron chi connectivity index (χ3n) is 2.96. The largest absolute Gasteiger partial charge is 0.480 e. The van der Waals surface area contributed by atoms with E-state index >= 15 is 0 Å². The average molecular weight is 290 g/mol. The van der Waals surface area contributed by atoms with Crippen LogP contribution in [0.5, 0.6) is 11.5 Å². The predicted octanol–water partition coefficient (Wildman–Crippen LogP) is 0.393. The van der Waals surface area contributed by atoms with Crippen LogP contribution >= 0.6 is 0 Å². The summed E-state index contributed by atoms with van der Waals surface area (Å²) in [5.74, 6) is -0.794. The van der Waals surface area contributed by atoms with Gasteiger partial charge in [-0.25, -0.2) is 9.69 Å². The Morgan fingerprint density at radius 2 is 2.10 bits per heavy atom. The molecule has 2 N–H and O–H groups in total. The summed E-state index contributed by atoms with van der Waals surface area (Å²) in [6.07, 6.45) is 1.45. The van der Waals surface area contributed by atoms with E-state index in [0.717, 1.165) is 0 Å². The van der Waals surface area contributed by atoms with Gasteiger partial charge in [-0.1, -0.05) is 6.07 Å². The van der Waals surface area contributed by atoms with Crippen molar-refractivity contribution in [2.24, 2.45) is 0 Å². The van der Waals surface area contributed by atoms with Crippen LogP contribution in [-0.2, 0) is 9.59 Å². The Hall–Kier alpha value is -3.03. The molecule has 0 unspecified atom stereocenters. The van der Waals surface area contributed by atoms with E-state index in [1.165, 1.54) is 6.08 Å². The van der Waals surface area contributed by atoms with Crippen molar-refractivity contribution >= 4 is 24.0 Å². The number of benzene rings is 1. The lowest BCUT2D eigenvalue weighted by Gasteiger charge is -2.06. The fraction of sp³-hybridized carbons (Fsp3) is 0.154. The molecule has 2 heterocycles. The molecule has 0 aliphatic carbocycles. The van der Waals surface area contributed by atoms with Crippen molar-refractivity contribution < 1.29 is 29.0 Å². The minimum Gasteiger partial charge on any atom is -0.480 e. The van der Waals surface area contributed by atoms with E-state index in [0.29, 0.717) is 22.0 Å². The number of hydrogen-bond donors (Lipinski definition) is 2. The zero-order valence-electron chi connectivity index (χ0n) is 10.7. The quantitative estimate of drug-likeness (QED) is 0.616. The summed E-state index contributed by atoms with van der Waals surface area (Å²) < 4.78 is 10.4. The van der Waals surface area contributed by atoms with Crippen LogP contribution in [0, 0.1) is 0 Å². The first-order valence-corrected chi connectivity index (χ1v) is 6.00. The summed E-state index contributed by atoms with van der Waals surface area (Å²) in [6.45, 7) is -0.541. The number of urea groups is 1. The maximum Gasteiger partial charge on any atom is 0.329 e. The van der Waals surface area contributed by atoms with Gasteiger partial charge in [0.2, 0.25) is 6.79 Å². The summed E-state index contributed by atoms with van der Waals surface area (Å²) in [6, 6.07) is 4.29. The van der Waals surface area contributed by atoms with E-state index < -0.39 is 24.5 Å². The van der Waals surface area contributed by atoms with E-state index in [1.54, 1.807) is 18.2 Å². The Bertz CT molecular complexity index is 681. The zero-order chi connectivity index (χ0) is 15.0. The van der Waals surface area contributed by atoms with Crippen LogP contribution in [0.2, 0.25) is 0 Å². The topological polar surface area (TPSA) is 105 Å². The van der Waals surface area contributed by atoms with Crippen molar-refractivity contribution in [3.8, 4) is 11.5 Å². The average Bonchev–Trinajstić information content (AvgIpc) is 2.98. The Labute approximate surface area is 118 Å². The molecule has 1 saturated heterocycles. The molecule has 0 bridgehead atoms. The number of nitrogens with zero attached hydrogens (tertiary/aromatic N) is 1. The first-order valence-electron chi connectivity index (χ1n) is 6.00. The van der Waals surface area contributed by atoms with Gasteiger partial charge in [-0.15, -0.1) is 0 Å². The third-order valence-corrected chi connectivity index (χ3v) is 2.96. The van der Waals surface area contributed by atoms with Crippen LogP contribution in [0.1, 0.15) is 5.56 Å². The molecule has 0 spiro atoms. The molecular weight excluding hydrogens is 280 g/mol. The number of nitrogens with one attached hydrogen (secondary N) is 1. The van der Waals surface area contributed by atoms with Gasteiger partial charge >= 0.3 is 12.0 Å². The second kappa shape index (κ2) is 4.82. The SMILES string of the molecule is O=C(O)CN1C(=O)N/C(=C\c2ccc3c(c2)OCO3)C1=O. The second-order valence-corrected chi connectivity index (χ2v) is 4.39. The van der Waals surface area contributed by atoms with Gasteiger partial charge in [-0.05, 0) is 23.8 Å². The number of imide groups is 1. The lowest BCUT2D eigenvalue weighted by atomic mass is 10.1. The normalized spacial score (nSPS) is 18.3. The highest BCUT2D eigenvalue weighted by atomic mass is 16.7. The van der Waals surface area contributed by atoms with Crippen LogP contribution in [0.15, 0.2) is 23.9 Å². The van der Waals surface area contributed by atoms with Gasteiger partial charge in [0.15, 0.2) is 11.5 Å². The number of hydrogen-bond acceptors (Lipinski definition) is 5. The van der Waals surface area contributed by atoms with Crippen molar-refractivity contribution in [3.63, 3.8) is 0 Å². The molecule has 3 rings (SSSR count). The number of ether oxygens (including phenoxy) is 2. The molecule has 1 fully saturated rings. The van der Waals surface area contributed by atoms with Gasteiger partial charge in [0.25, 0.3) is 5.91 Å². The van der Waals surface area contributed by atoms with Crippen molar-refractivity contribution in [2.45, 2.75) is 0 Å². The van der Waals surface area contributed by atoms with Crippen molar-refractivity contribution in [1.82, 2.24) is 10.2 Å². The summed E-state index contributed by atoms with van der Waals surface area (Å²) >= 11 is 0. The van der Waals surface area contributed by atoms with Gasteiger partial charge in [0, 0.05) is 0 Å². The number of carbonyl (C=O) groups excluding carboxylic acids is 2. The lowest BCUT2D eigenvalue weighted by molar-refractivity contribution is -0.140. The molecule has 8 heteroatoms. The minimum absolute atomic E-state index is 0.0140. The molecule has 21 heavy (non-hydrogen) atoms. The lowest BCUT2D eigenvalue weighted by Crippen LogP contribution is -2.35. The highest BCUT2D eigenvalue weighted by Gasteiger charge is 2.34. The number of aliphatic carboxylic acids is 1.